The van der Waals surface area contributed by atoms with Gasteiger partial charge in [-0.2, -0.15) is 0 Å². The first-order valence-corrected chi connectivity index (χ1v) is 6.43. The van der Waals surface area contributed by atoms with Gasteiger partial charge in [-0.3, -0.25) is 0 Å². The summed E-state index contributed by atoms with van der Waals surface area (Å²) >= 11 is 0. The number of aryl methyl sites for hydroxylation is 1. The van der Waals surface area contributed by atoms with Crippen LogP contribution in [0.1, 0.15) is 23.6 Å². The topological polar surface area (TPSA) is 38.0 Å². The summed E-state index contributed by atoms with van der Waals surface area (Å²) in [6, 6.07) is 16.8. The molecule has 0 aliphatic carbocycles. The number of anilines is 1. The molecule has 2 rings (SSSR count). The van der Waals surface area contributed by atoms with Gasteiger partial charge in [-0.25, -0.2) is 0 Å². The van der Waals surface area contributed by atoms with Gasteiger partial charge in [0.2, 0.25) is 0 Å². The monoisotopic (exact) mass is 240 g/mol. The molecule has 0 spiro atoms. The molecule has 0 unspecified atom stereocenters. The molecule has 2 aromatic rings. The first-order chi connectivity index (χ1) is 8.83. The van der Waals surface area contributed by atoms with E-state index in [2.05, 4.69) is 60.8 Å². The molecule has 2 heteroatoms. The summed E-state index contributed by atoms with van der Waals surface area (Å²) in [5.74, 6) is 0. The number of nitrogens with one attached hydrogen (secondary N) is 1. The largest absolute Gasteiger partial charge is 0.381 e. The van der Waals surface area contributed by atoms with Crippen molar-refractivity contribution in [1.29, 1.82) is 0 Å². The summed E-state index contributed by atoms with van der Waals surface area (Å²) < 4.78 is 0. The SMILES string of the molecule is CCc1ccccc1NCc1cccc(CN)c1. The lowest BCUT2D eigenvalue weighted by Gasteiger charge is -2.11. The molecule has 0 aliphatic heterocycles. The smallest absolute Gasteiger partial charge is 0.0400 e. The molecule has 0 aliphatic rings. The quantitative estimate of drug-likeness (QED) is 0.841. The Balaban J connectivity index is 2.06. The van der Waals surface area contributed by atoms with Crippen LogP contribution in [0.15, 0.2) is 48.5 Å². The Morgan fingerprint density at radius 3 is 2.56 bits per heavy atom. The highest BCUT2D eigenvalue weighted by Gasteiger charge is 1.99. The van der Waals surface area contributed by atoms with Crippen LogP contribution in [0, 0.1) is 0 Å². The van der Waals surface area contributed by atoms with E-state index in [0.717, 1.165) is 13.0 Å². The summed E-state index contributed by atoms with van der Waals surface area (Å²) in [5.41, 5.74) is 10.7. The fourth-order valence-corrected chi connectivity index (χ4v) is 2.06. The lowest BCUT2D eigenvalue weighted by atomic mass is 10.1. The highest BCUT2D eigenvalue weighted by atomic mass is 14.9. The normalized spacial score (nSPS) is 10.3. The predicted molar refractivity (Wildman–Crippen MR) is 77.5 cm³/mol. The van der Waals surface area contributed by atoms with Crippen LogP contribution in [-0.2, 0) is 19.5 Å². The van der Waals surface area contributed by atoms with Crippen LogP contribution < -0.4 is 11.1 Å². The molecule has 2 nitrogen and oxygen atoms in total. The van der Waals surface area contributed by atoms with Crippen LogP contribution in [0.2, 0.25) is 0 Å². The van der Waals surface area contributed by atoms with Crippen molar-refractivity contribution in [2.45, 2.75) is 26.4 Å². The maximum absolute atomic E-state index is 5.65. The van der Waals surface area contributed by atoms with Crippen molar-refractivity contribution < 1.29 is 0 Å². The molecule has 2 aromatic carbocycles. The van der Waals surface area contributed by atoms with Crippen molar-refractivity contribution in [2.75, 3.05) is 5.32 Å². The van der Waals surface area contributed by atoms with Gasteiger partial charge in [0, 0.05) is 18.8 Å². The average molecular weight is 240 g/mol. The fraction of sp³-hybridized carbons (Fsp3) is 0.250. The van der Waals surface area contributed by atoms with Gasteiger partial charge in [-0.05, 0) is 29.2 Å². The summed E-state index contributed by atoms with van der Waals surface area (Å²) in [6.07, 6.45) is 1.05. The number of hydrogen-bond donors (Lipinski definition) is 2. The zero-order chi connectivity index (χ0) is 12.8. The van der Waals surface area contributed by atoms with Gasteiger partial charge in [0.25, 0.3) is 0 Å². The van der Waals surface area contributed by atoms with Gasteiger partial charge in [0.05, 0.1) is 0 Å². The van der Waals surface area contributed by atoms with E-state index in [1.54, 1.807) is 0 Å². The lowest BCUT2D eigenvalue weighted by Crippen LogP contribution is -2.03. The third kappa shape index (κ3) is 3.11. The summed E-state index contributed by atoms with van der Waals surface area (Å²) in [4.78, 5) is 0. The Morgan fingerprint density at radius 2 is 1.78 bits per heavy atom. The molecule has 0 aromatic heterocycles. The van der Waals surface area contributed by atoms with Crippen molar-refractivity contribution in [3.8, 4) is 0 Å². The Morgan fingerprint density at radius 1 is 1.00 bits per heavy atom. The van der Waals surface area contributed by atoms with Gasteiger partial charge in [0.15, 0.2) is 0 Å². The summed E-state index contributed by atoms with van der Waals surface area (Å²) in [7, 11) is 0. The zero-order valence-electron chi connectivity index (χ0n) is 10.8. The maximum Gasteiger partial charge on any atom is 0.0400 e. The van der Waals surface area contributed by atoms with E-state index in [0.29, 0.717) is 6.54 Å². The van der Waals surface area contributed by atoms with E-state index in [9.17, 15) is 0 Å². The van der Waals surface area contributed by atoms with E-state index in [4.69, 9.17) is 5.73 Å². The third-order valence-corrected chi connectivity index (χ3v) is 3.11. The number of para-hydroxylation sites is 1. The molecule has 0 radical (unpaired) electrons. The van der Waals surface area contributed by atoms with E-state index < -0.39 is 0 Å². The Bertz CT molecular complexity index is 506. The van der Waals surface area contributed by atoms with Crippen molar-refractivity contribution in [2.24, 2.45) is 5.73 Å². The molecule has 18 heavy (non-hydrogen) atoms. The van der Waals surface area contributed by atoms with E-state index in [1.165, 1.54) is 22.4 Å². The second-order valence-electron chi connectivity index (χ2n) is 4.39. The molecule has 0 heterocycles. The fourth-order valence-electron chi connectivity index (χ4n) is 2.06. The number of nitrogens with two attached hydrogens (primary N) is 1. The van der Waals surface area contributed by atoms with E-state index in [-0.39, 0.29) is 0 Å². The van der Waals surface area contributed by atoms with Crippen LogP contribution in [0.3, 0.4) is 0 Å². The maximum atomic E-state index is 5.65. The third-order valence-electron chi connectivity index (χ3n) is 3.11. The minimum Gasteiger partial charge on any atom is -0.381 e. The number of rotatable bonds is 5. The molecule has 3 N–H and O–H groups in total. The standard InChI is InChI=1S/C16H20N2/c1-2-15-8-3-4-9-16(15)18-12-14-7-5-6-13(10-14)11-17/h3-10,18H,2,11-12,17H2,1H3. The zero-order valence-corrected chi connectivity index (χ0v) is 10.8. The van der Waals surface area contributed by atoms with Crippen molar-refractivity contribution in [3.63, 3.8) is 0 Å². The average Bonchev–Trinajstić information content (AvgIpc) is 2.45. The van der Waals surface area contributed by atoms with Crippen LogP contribution in [0.25, 0.3) is 0 Å². The number of benzene rings is 2. The van der Waals surface area contributed by atoms with Gasteiger partial charge >= 0.3 is 0 Å². The predicted octanol–water partition coefficient (Wildman–Crippen LogP) is 3.32. The molecular weight excluding hydrogens is 220 g/mol. The van der Waals surface area contributed by atoms with Crippen LogP contribution >= 0.6 is 0 Å². The van der Waals surface area contributed by atoms with Gasteiger partial charge in [0.1, 0.15) is 0 Å². The molecule has 0 amide bonds. The highest BCUT2D eigenvalue weighted by Crippen LogP contribution is 2.16. The van der Waals surface area contributed by atoms with Crippen LogP contribution in [-0.4, -0.2) is 0 Å². The second kappa shape index (κ2) is 6.22. The minimum atomic E-state index is 0.597. The molecule has 0 atom stereocenters. The first kappa shape index (κ1) is 12.7. The molecule has 0 fully saturated rings. The highest BCUT2D eigenvalue weighted by molar-refractivity contribution is 5.51. The van der Waals surface area contributed by atoms with Crippen molar-refractivity contribution >= 4 is 5.69 Å². The van der Waals surface area contributed by atoms with Gasteiger partial charge in [-0.1, -0.05) is 49.4 Å². The molecule has 0 saturated heterocycles. The van der Waals surface area contributed by atoms with Crippen molar-refractivity contribution in [3.05, 3.63) is 65.2 Å². The lowest BCUT2D eigenvalue weighted by molar-refractivity contribution is 1.04. The minimum absolute atomic E-state index is 0.597. The Kier molecular flexibility index (Phi) is 4.37. The van der Waals surface area contributed by atoms with Gasteiger partial charge in [-0.15, -0.1) is 0 Å². The van der Waals surface area contributed by atoms with Crippen molar-refractivity contribution in [1.82, 2.24) is 0 Å². The first-order valence-electron chi connectivity index (χ1n) is 6.43. The van der Waals surface area contributed by atoms with Crippen LogP contribution in [0.5, 0.6) is 0 Å². The Hall–Kier alpha value is -1.80. The molecule has 0 bridgehead atoms. The molecule has 0 saturated carbocycles. The van der Waals surface area contributed by atoms with Crippen LogP contribution in [0.4, 0.5) is 5.69 Å². The molecule has 94 valence electrons. The molecular formula is C16H20N2. The van der Waals surface area contributed by atoms with E-state index >= 15 is 0 Å². The van der Waals surface area contributed by atoms with Gasteiger partial charge < -0.3 is 11.1 Å². The van der Waals surface area contributed by atoms with E-state index in [1.807, 2.05) is 0 Å². The second-order valence-corrected chi connectivity index (χ2v) is 4.39. The summed E-state index contributed by atoms with van der Waals surface area (Å²) in [5, 5.41) is 3.49. The number of hydrogen-bond acceptors (Lipinski definition) is 2. The Labute approximate surface area is 109 Å². The summed E-state index contributed by atoms with van der Waals surface area (Å²) in [6.45, 7) is 3.61.